The lowest BCUT2D eigenvalue weighted by molar-refractivity contribution is -0.141. The normalized spacial score (nSPS) is 11.2. The number of hydrogen-bond donors (Lipinski definition) is 2. The minimum absolute atomic E-state index is 0.0104. The molecule has 1 aromatic rings. The first-order chi connectivity index (χ1) is 9.43. The summed E-state index contributed by atoms with van der Waals surface area (Å²) in [5, 5.41) is 11.0. The van der Waals surface area contributed by atoms with E-state index in [1.807, 2.05) is 0 Å². The molecule has 1 amide bonds. The number of rotatable bonds is 6. The minimum atomic E-state index is -1.24. The number of benzene rings is 1. The summed E-state index contributed by atoms with van der Waals surface area (Å²) < 4.78 is 17.8. The van der Waals surface area contributed by atoms with Gasteiger partial charge in [0, 0.05) is 6.42 Å². The molecular formula is C13H11ClFNO4. The van der Waals surface area contributed by atoms with Crippen molar-refractivity contribution in [3.8, 4) is 18.1 Å². The largest absolute Gasteiger partial charge is 0.482 e. The van der Waals surface area contributed by atoms with Gasteiger partial charge in [0.05, 0.1) is 5.02 Å². The molecule has 0 aromatic heterocycles. The third-order valence-electron chi connectivity index (χ3n) is 2.21. The molecule has 1 aromatic carbocycles. The van der Waals surface area contributed by atoms with Gasteiger partial charge in [-0.2, -0.15) is 0 Å². The number of amides is 1. The van der Waals surface area contributed by atoms with Crippen molar-refractivity contribution in [1.29, 1.82) is 0 Å². The average molecular weight is 300 g/mol. The fraction of sp³-hybridized carbons (Fsp3) is 0.231. The van der Waals surface area contributed by atoms with E-state index in [1.165, 1.54) is 6.07 Å². The molecule has 5 nitrogen and oxygen atoms in total. The van der Waals surface area contributed by atoms with Crippen LogP contribution in [-0.2, 0) is 9.59 Å². The molecule has 7 heteroatoms. The lowest BCUT2D eigenvalue weighted by Gasteiger charge is -2.12. The Kier molecular flexibility index (Phi) is 5.81. The highest BCUT2D eigenvalue weighted by molar-refractivity contribution is 6.32. The van der Waals surface area contributed by atoms with Gasteiger partial charge >= 0.3 is 5.97 Å². The predicted molar refractivity (Wildman–Crippen MR) is 69.9 cm³/mol. The number of carboxylic acids is 1. The molecule has 0 aliphatic rings. The molecule has 0 aliphatic heterocycles. The number of hydrogen-bond acceptors (Lipinski definition) is 3. The molecule has 0 aliphatic carbocycles. The van der Waals surface area contributed by atoms with Gasteiger partial charge < -0.3 is 15.2 Å². The molecule has 106 valence electrons. The van der Waals surface area contributed by atoms with Crippen LogP contribution in [0, 0.1) is 18.2 Å². The fourth-order valence-corrected chi connectivity index (χ4v) is 1.51. The van der Waals surface area contributed by atoms with Crippen molar-refractivity contribution in [2.75, 3.05) is 6.61 Å². The SMILES string of the molecule is C#CCC(NC(=O)COc1ccc(F)cc1Cl)C(=O)O. The number of halogens is 2. The predicted octanol–water partition coefficient (Wildman–Crippen LogP) is 1.45. The number of terminal acetylenes is 1. The summed E-state index contributed by atoms with van der Waals surface area (Å²) in [6, 6.07) is 2.24. The number of carboxylic acid groups (broad SMARTS) is 1. The van der Waals surface area contributed by atoms with Gasteiger partial charge in [0.25, 0.3) is 5.91 Å². The van der Waals surface area contributed by atoms with E-state index in [-0.39, 0.29) is 17.2 Å². The van der Waals surface area contributed by atoms with Crippen molar-refractivity contribution >= 4 is 23.5 Å². The van der Waals surface area contributed by atoms with Crippen LogP contribution in [-0.4, -0.2) is 29.6 Å². The van der Waals surface area contributed by atoms with Gasteiger partial charge in [-0.25, -0.2) is 9.18 Å². The number of aliphatic carboxylic acids is 1. The molecule has 1 rings (SSSR count). The van der Waals surface area contributed by atoms with E-state index in [0.717, 1.165) is 12.1 Å². The highest BCUT2D eigenvalue weighted by Crippen LogP contribution is 2.24. The van der Waals surface area contributed by atoms with E-state index in [9.17, 15) is 14.0 Å². The molecule has 0 saturated heterocycles. The molecule has 1 atom stereocenters. The average Bonchev–Trinajstić information content (AvgIpc) is 2.37. The first kappa shape index (κ1) is 15.8. The Morgan fingerprint density at radius 2 is 2.25 bits per heavy atom. The third-order valence-corrected chi connectivity index (χ3v) is 2.50. The van der Waals surface area contributed by atoms with Gasteiger partial charge in [-0.15, -0.1) is 12.3 Å². The van der Waals surface area contributed by atoms with Gasteiger partial charge in [-0.05, 0) is 18.2 Å². The first-order valence-corrected chi connectivity index (χ1v) is 5.85. The fourth-order valence-electron chi connectivity index (χ4n) is 1.29. The number of carbonyl (C=O) groups is 2. The third kappa shape index (κ3) is 4.78. The van der Waals surface area contributed by atoms with Crippen LogP contribution in [0.2, 0.25) is 5.02 Å². The summed E-state index contributed by atoms with van der Waals surface area (Å²) in [7, 11) is 0. The summed E-state index contributed by atoms with van der Waals surface area (Å²) in [4.78, 5) is 22.3. The number of carbonyl (C=O) groups excluding carboxylic acids is 1. The van der Waals surface area contributed by atoms with Crippen molar-refractivity contribution in [2.45, 2.75) is 12.5 Å². The Labute approximate surface area is 119 Å². The minimum Gasteiger partial charge on any atom is -0.482 e. The molecule has 0 bridgehead atoms. The summed E-state index contributed by atoms with van der Waals surface area (Å²) in [6.07, 6.45) is 4.85. The molecule has 20 heavy (non-hydrogen) atoms. The zero-order valence-electron chi connectivity index (χ0n) is 10.2. The topological polar surface area (TPSA) is 75.6 Å². The first-order valence-electron chi connectivity index (χ1n) is 5.47. The molecule has 2 N–H and O–H groups in total. The van der Waals surface area contributed by atoms with Crippen molar-refractivity contribution in [2.24, 2.45) is 0 Å². The van der Waals surface area contributed by atoms with Crippen LogP contribution in [0.3, 0.4) is 0 Å². The lowest BCUT2D eigenvalue weighted by atomic mass is 10.2. The molecule has 0 saturated carbocycles. The molecule has 0 spiro atoms. The van der Waals surface area contributed by atoms with Gasteiger partial charge in [0.2, 0.25) is 0 Å². The highest BCUT2D eigenvalue weighted by Gasteiger charge is 2.19. The van der Waals surface area contributed by atoms with Gasteiger partial charge in [0.1, 0.15) is 17.6 Å². The monoisotopic (exact) mass is 299 g/mol. The Morgan fingerprint density at radius 1 is 1.55 bits per heavy atom. The summed E-state index contributed by atoms with van der Waals surface area (Å²) in [5.41, 5.74) is 0. The molecule has 0 fully saturated rings. The zero-order valence-corrected chi connectivity index (χ0v) is 11.0. The zero-order chi connectivity index (χ0) is 15.1. The van der Waals surface area contributed by atoms with Gasteiger partial charge in [0.15, 0.2) is 6.61 Å². The van der Waals surface area contributed by atoms with E-state index < -0.39 is 30.3 Å². The van der Waals surface area contributed by atoms with Crippen molar-refractivity contribution in [1.82, 2.24) is 5.32 Å². The number of ether oxygens (including phenoxy) is 1. The smallest absolute Gasteiger partial charge is 0.327 e. The quantitative estimate of drug-likeness (QED) is 0.780. The van der Waals surface area contributed by atoms with E-state index in [1.54, 1.807) is 0 Å². The molecule has 1 unspecified atom stereocenters. The summed E-state index contributed by atoms with van der Waals surface area (Å²) in [5.74, 6) is -0.186. The van der Waals surface area contributed by atoms with Crippen LogP contribution < -0.4 is 10.1 Å². The van der Waals surface area contributed by atoms with Crippen LogP contribution in [0.1, 0.15) is 6.42 Å². The maximum atomic E-state index is 12.8. The molecular weight excluding hydrogens is 289 g/mol. The Morgan fingerprint density at radius 3 is 2.80 bits per heavy atom. The standard InChI is InChI=1S/C13H11ClFNO4/c1-2-3-10(13(18)19)16-12(17)7-20-11-5-4-8(15)6-9(11)14/h1,4-6,10H,3,7H2,(H,16,17)(H,18,19). The van der Waals surface area contributed by atoms with Crippen LogP contribution >= 0.6 is 11.6 Å². The Balaban J connectivity index is 2.55. The van der Waals surface area contributed by atoms with Crippen LogP contribution in [0.5, 0.6) is 5.75 Å². The van der Waals surface area contributed by atoms with Crippen molar-refractivity contribution < 1.29 is 23.8 Å². The molecule has 0 radical (unpaired) electrons. The van der Waals surface area contributed by atoms with E-state index in [2.05, 4.69) is 11.2 Å². The Bertz CT molecular complexity index is 556. The maximum absolute atomic E-state index is 12.8. The van der Waals surface area contributed by atoms with Crippen molar-refractivity contribution in [3.05, 3.63) is 29.0 Å². The molecule has 0 heterocycles. The van der Waals surface area contributed by atoms with E-state index >= 15 is 0 Å². The van der Waals surface area contributed by atoms with Crippen LogP contribution in [0.4, 0.5) is 4.39 Å². The summed E-state index contributed by atoms with van der Waals surface area (Å²) >= 11 is 5.70. The second-order valence-electron chi connectivity index (χ2n) is 3.73. The second kappa shape index (κ2) is 7.36. The highest BCUT2D eigenvalue weighted by atomic mass is 35.5. The lowest BCUT2D eigenvalue weighted by Crippen LogP contribution is -2.42. The van der Waals surface area contributed by atoms with E-state index in [4.69, 9.17) is 27.9 Å². The maximum Gasteiger partial charge on any atom is 0.327 e. The summed E-state index contributed by atoms with van der Waals surface area (Å²) in [6.45, 7) is -0.459. The van der Waals surface area contributed by atoms with E-state index in [0.29, 0.717) is 0 Å². The van der Waals surface area contributed by atoms with Crippen LogP contribution in [0.15, 0.2) is 18.2 Å². The Hall–Kier alpha value is -2.26. The number of nitrogens with one attached hydrogen (secondary N) is 1. The van der Waals surface area contributed by atoms with Gasteiger partial charge in [-0.1, -0.05) is 11.6 Å². The van der Waals surface area contributed by atoms with Crippen LogP contribution in [0.25, 0.3) is 0 Å². The van der Waals surface area contributed by atoms with Gasteiger partial charge in [-0.3, -0.25) is 4.79 Å². The van der Waals surface area contributed by atoms with Crippen molar-refractivity contribution in [3.63, 3.8) is 0 Å². The second-order valence-corrected chi connectivity index (χ2v) is 4.14.